The first-order valence-electron chi connectivity index (χ1n) is 5.90. The molecular formula is C13H14ClNO3S. The number of halogens is 1. The summed E-state index contributed by atoms with van der Waals surface area (Å²) in [5, 5.41) is 9.70. The number of rotatable bonds is 3. The van der Waals surface area contributed by atoms with Gasteiger partial charge in [0.2, 0.25) is 0 Å². The molecule has 0 aliphatic carbocycles. The lowest BCUT2D eigenvalue weighted by molar-refractivity contribution is -0.144. The van der Waals surface area contributed by atoms with Crippen molar-refractivity contribution in [2.75, 3.05) is 13.1 Å². The van der Waals surface area contributed by atoms with Crippen LogP contribution in [0.2, 0.25) is 5.02 Å². The molecule has 4 nitrogen and oxygen atoms in total. The van der Waals surface area contributed by atoms with Crippen LogP contribution in [0.3, 0.4) is 0 Å². The minimum Gasteiger partial charge on any atom is -0.480 e. The van der Waals surface area contributed by atoms with Gasteiger partial charge in [0.25, 0.3) is 0 Å². The lowest BCUT2D eigenvalue weighted by Gasteiger charge is -2.34. The van der Waals surface area contributed by atoms with Gasteiger partial charge in [-0.25, -0.2) is 0 Å². The summed E-state index contributed by atoms with van der Waals surface area (Å²) in [6.45, 7) is 0.580. The molecule has 1 aliphatic heterocycles. The summed E-state index contributed by atoms with van der Waals surface area (Å²) in [6, 6.07) is 5.90. The molecule has 1 fully saturated rings. The van der Waals surface area contributed by atoms with Crippen LogP contribution in [-0.4, -0.2) is 40.1 Å². The highest BCUT2D eigenvalue weighted by Crippen LogP contribution is 2.30. The zero-order chi connectivity index (χ0) is 14.0. The van der Waals surface area contributed by atoms with Gasteiger partial charge in [-0.3, -0.25) is 14.5 Å². The van der Waals surface area contributed by atoms with Crippen LogP contribution >= 0.6 is 24.2 Å². The Hall–Kier alpha value is -1.04. The van der Waals surface area contributed by atoms with Gasteiger partial charge in [-0.15, -0.1) is 0 Å². The Morgan fingerprint density at radius 3 is 2.74 bits per heavy atom. The zero-order valence-corrected chi connectivity index (χ0v) is 11.8. The molecule has 1 aromatic carbocycles. The minimum absolute atomic E-state index is 0.00422. The SMILES string of the molecule is O=C1CC(S)CN(C(C(=O)O)c2ccccc2Cl)C1. The predicted molar refractivity (Wildman–Crippen MR) is 75.8 cm³/mol. The van der Waals surface area contributed by atoms with Gasteiger partial charge < -0.3 is 5.11 Å². The molecule has 19 heavy (non-hydrogen) atoms. The molecule has 6 heteroatoms. The molecule has 1 N–H and O–H groups in total. The van der Waals surface area contributed by atoms with E-state index in [4.69, 9.17) is 11.6 Å². The Bertz CT molecular complexity index is 508. The van der Waals surface area contributed by atoms with Crippen LogP contribution in [0, 0.1) is 0 Å². The van der Waals surface area contributed by atoms with Gasteiger partial charge in [-0.05, 0) is 11.6 Å². The largest absolute Gasteiger partial charge is 0.480 e. The number of thiol groups is 1. The molecular weight excluding hydrogens is 286 g/mol. The molecule has 102 valence electrons. The van der Waals surface area contributed by atoms with Crippen molar-refractivity contribution in [1.82, 2.24) is 4.90 Å². The molecule has 1 aliphatic rings. The van der Waals surface area contributed by atoms with Gasteiger partial charge in [0.05, 0.1) is 6.54 Å². The fourth-order valence-corrected chi connectivity index (χ4v) is 2.99. The molecule has 1 heterocycles. The quantitative estimate of drug-likeness (QED) is 0.839. The summed E-state index contributed by atoms with van der Waals surface area (Å²) in [7, 11) is 0. The van der Waals surface area contributed by atoms with Gasteiger partial charge in [-0.2, -0.15) is 12.6 Å². The number of likely N-dealkylation sites (tertiary alicyclic amines) is 1. The van der Waals surface area contributed by atoms with Crippen molar-refractivity contribution in [2.45, 2.75) is 17.7 Å². The highest BCUT2D eigenvalue weighted by atomic mass is 35.5. The maximum absolute atomic E-state index is 11.6. The Morgan fingerprint density at radius 1 is 1.47 bits per heavy atom. The van der Waals surface area contributed by atoms with Crippen molar-refractivity contribution in [3.8, 4) is 0 Å². The van der Waals surface area contributed by atoms with Crippen LogP contribution in [0.4, 0.5) is 0 Å². The summed E-state index contributed by atoms with van der Waals surface area (Å²) in [4.78, 5) is 24.8. The van der Waals surface area contributed by atoms with Gasteiger partial charge in [-0.1, -0.05) is 29.8 Å². The fraction of sp³-hybridized carbons (Fsp3) is 0.385. The van der Waals surface area contributed by atoms with Crippen molar-refractivity contribution in [1.29, 1.82) is 0 Å². The number of ketones is 1. The molecule has 0 bridgehead atoms. The van der Waals surface area contributed by atoms with Gasteiger partial charge in [0.1, 0.15) is 11.8 Å². The molecule has 2 rings (SSSR count). The number of benzene rings is 1. The second-order valence-electron chi connectivity index (χ2n) is 4.59. The predicted octanol–water partition coefficient (Wildman–Crippen LogP) is 2.04. The van der Waals surface area contributed by atoms with Gasteiger partial charge in [0, 0.05) is 23.2 Å². The molecule has 1 aromatic rings. The van der Waals surface area contributed by atoms with Crippen LogP contribution in [0.25, 0.3) is 0 Å². The average Bonchev–Trinajstić information content (AvgIpc) is 2.30. The molecule has 0 spiro atoms. The van der Waals surface area contributed by atoms with E-state index in [1.165, 1.54) is 0 Å². The van der Waals surface area contributed by atoms with E-state index in [2.05, 4.69) is 12.6 Å². The maximum Gasteiger partial charge on any atom is 0.325 e. The van der Waals surface area contributed by atoms with Crippen LogP contribution in [0.1, 0.15) is 18.0 Å². The molecule has 0 aromatic heterocycles. The Labute approximate surface area is 121 Å². The number of Topliss-reactive ketones (excluding diaryl/α,β-unsaturated/α-hetero) is 1. The number of carbonyl (C=O) groups is 2. The third-order valence-corrected chi connectivity index (χ3v) is 3.78. The normalized spacial score (nSPS) is 22.2. The number of aliphatic carboxylic acids is 1. The third-order valence-electron chi connectivity index (χ3n) is 3.09. The van der Waals surface area contributed by atoms with Crippen LogP contribution in [0.15, 0.2) is 24.3 Å². The highest BCUT2D eigenvalue weighted by Gasteiger charge is 2.34. The first-order valence-corrected chi connectivity index (χ1v) is 6.79. The summed E-state index contributed by atoms with van der Waals surface area (Å²) in [5.74, 6) is -1.01. The lowest BCUT2D eigenvalue weighted by Crippen LogP contribution is -2.46. The summed E-state index contributed by atoms with van der Waals surface area (Å²) < 4.78 is 0. The number of hydrogen-bond acceptors (Lipinski definition) is 4. The Balaban J connectivity index is 2.33. The van der Waals surface area contributed by atoms with E-state index in [-0.39, 0.29) is 17.6 Å². The van der Waals surface area contributed by atoms with E-state index in [0.717, 1.165) is 0 Å². The number of hydrogen-bond donors (Lipinski definition) is 2. The first-order chi connectivity index (χ1) is 8.99. The van der Waals surface area contributed by atoms with Gasteiger partial charge in [0.15, 0.2) is 0 Å². The topological polar surface area (TPSA) is 57.6 Å². The first kappa shape index (κ1) is 14.4. The fourth-order valence-electron chi connectivity index (χ4n) is 2.33. The number of carbonyl (C=O) groups excluding carboxylic acids is 1. The summed E-state index contributed by atoms with van der Waals surface area (Å²) in [6.07, 6.45) is 0.383. The molecule has 1 saturated heterocycles. The summed E-state index contributed by atoms with van der Waals surface area (Å²) >= 11 is 10.4. The number of carboxylic acid groups (broad SMARTS) is 1. The van der Waals surface area contributed by atoms with E-state index in [1.54, 1.807) is 29.2 Å². The van der Waals surface area contributed by atoms with Crippen molar-refractivity contribution in [3.63, 3.8) is 0 Å². The molecule has 2 unspecified atom stereocenters. The van der Waals surface area contributed by atoms with Crippen LogP contribution in [-0.2, 0) is 9.59 Å². The van der Waals surface area contributed by atoms with E-state index in [9.17, 15) is 14.7 Å². The van der Waals surface area contributed by atoms with Crippen molar-refractivity contribution >= 4 is 36.0 Å². The van der Waals surface area contributed by atoms with Crippen LogP contribution < -0.4 is 0 Å². The minimum atomic E-state index is -1.01. The number of piperidine rings is 1. The smallest absolute Gasteiger partial charge is 0.325 e. The second kappa shape index (κ2) is 5.94. The number of nitrogens with zero attached hydrogens (tertiary/aromatic N) is 1. The molecule has 2 atom stereocenters. The summed E-state index contributed by atoms with van der Waals surface area (Å²) in [5.41, 5.74) is 0.506. The van der Waals surface area contributed by atoms with Crippen molar-refractivity contribution in [2.24, 2.45) is 0 Å². The monoisotopic (exact) mass is 299 g/mol. The van der Waals surface area contributed by atoms with Crippen LogP contribution in [0.5, 0.6) is 0 Å². The van der Waals surface area contributed by atoms with Gasteiger partial charge >= 0.3 is 5.97 Å². The lowest BCUT2D eigenvalue weighted by atomic mass is 10.0. The second-order valence-corrected chi connectivity index (χ2v) is 5.73. The molecule has 0 saturated carbocycles. The van der Waals surface area contributed by atoms with Crippen molar-refractivity contribution < 1.29 is 14.7 Å². The standard InChI is InChI=1S/C13H14ClNO3S/c14-11-4-2-1-3-10(11)12(13(17)18)15-6-8(16)5-9(19)7-15/h1-4,9,12,19H,5-7H2,(H,17,18). The van der Waals surface area contributed by atoms with Crippen molar-refractivity contribution in [3.05, 3.63) is 34.9 Å². The molecule has 0 radical (unpaired) electrons. The maximum atomic E-state index is 11.6. The Morgan fingerprint density at radius 2 is 2.16 bits per heavy atom. The highest BCUT2D eigenvalue weighted by molar-refractivity contribution is 7.81. The van der Waals surface area contributed by atoms with E-state index >= 15 is 0 Å². The van der Waals surface area contributed by atoms with E-state index in [1.807, 2.05) is 0 Å². The Kier molecular flexibility index (Phi) is 4.50. The molecule has 0 amide bonds. The zero-order valence-electron chi connectivity index (χ0n) is 10.1. The third kappa shape index (κ3) is 3.29. The van der Waals surface area contributed by atoms with E-state index < -0.39 is 12.0 Å². The number of carboxylic acids is 1. The van der Waals surface area contributed by atoms with E-state index in [0.29, 0.717) is 23.6 Å². The average molecular weight is 300 g/mol.